The number of aliphatic carboxylic acids is 1. The molecule has 0 spiro atoms. The van der Waals surface area contributed by atoms with Crippen molar-refractivity contribution < 1.29 is 19.8 Å². The lowest BCUT2D eigenvalue weighted by atomic mass is 9.82. The van der Waals surface area contributed by atoms with Gasteiger partial charge in [0, 0.05) is 6.54 Å². The highest BCUT2D eigenvalue weighted by Crippen LogP contribution is 2.48. The fourth-order valence-corrected chi connectivity index (χ4v) is 4.23. The summed E-state index contributed by atoms with van der Waals surface area (Å²) in [5.74, 6) is -1.41. The number of allylic oxidation sites excluding steroid dienone is 2. The molecular weight excluding hydrogens is 270 g/mol. The number of rotatable bonds is 4. The molecule has 2 unspecified atom stereocenters. The van der Waals surface area contributed by atoms with Crippen LogP contribution in [0.15, 0.2) is 12.2 Å². The van der Waals surface area contributed by atoms with Crippen LogP contribution in [-0.2, 0) is 9.59 Å². The molecule has 0 radical (unpaired) electrons. The molecule has 5 heteroatoms. The van der Waals surface area contributed by atoms with Gasteiger partial charge in [-0.05, 0) is 49.9 Å². The Kier molecular flexibility index (Phi) is 4.02. The monoisotopic (exact) mass is 293 g/mol. The summed E-state index contributed by atoms with van der Waals surface area (Å²) in [6.45, 7) is 0.607. The Morgan fingerprint density at radius 2 is 1.67 bits per heavy atom. The predicted molar refractivity (Wildman–Crippen MR) is 76.3 cm³/mol. The normalized spacial score (nSPS) is 41.2. The van der Waals surface area contributed by atoms with Gasteiger partial charge in [0.2, 0.25) is 5.91 Å². The second-order valence-electron chi connectivity index (χ2n) is 6.76. The van der Waals surface area contributed by atoms with Gasteiger partial charge in [0.05, 0.1) is 17.9 Å². The highest BCUT2D eigenvalue weighted by molar-refractivity contribution is 5.86. The zero-order valence-electron chi connectivity index (χ0n) is 12.1. The molecule has 3 aliphatic rings. The van der Waals surface area contributed by atoms with Crippen LogP contribution in [0.4, 0.5) is 0 Å². The Labute approximate surface area is 124 Å². The first kappa shape index (κ1) is 14.6. The largest absolute Gasteiger partial charge is 0.481 e. The van der Waals surface area contributed by atoms with Crippen LogP contribution in [0.2, 0.25) is 0 Å². The summed E-state index contributed by atoms with van der Waals surface area (Å²) in [5, 5.41) is 21.8. The third kappa shape index (κ3) is 2.84. The first-order chi connectivity index (χ1) is 10.1. The van der Waals surface area contributed by atoms with Crippen LogP contribution in [0.5, 0.6) is 0 Å². The number of aliphatic hydroxyl groups is 1. The van der Waals surface area contributed by atoms with E-state index in [9.17, 15) is 19.8 Å². The fraction of sp³-hybridized carbons (Fsp3) is 0.750. The molecule has 3 aliphatic carbocycles. The summed E-state index contributed by atoms with van der Waals surface area (Å²) in [5.41, 5.74) is 0. The third-order valence-electron chi connectivity index (χ3n) is 5.43. The molecule has 3 N–H and O–H groups in total. The van der Waals surface area contributed by atoms with E-state index in [0.29, 0.717) is 12.5 Å². The van der Waals surface area contributed by atoms with Crippen molar-refractivity contribution >= 4 is 11.9 Å². The van der Waals surface area contributed by atoms with E-state index >= 15 is 0 Å². The van der Waals surface area contributed by atoms with Crippen LogP contribution in [0.25, 0.3) is 0 Å². The summed E-state index contributed by atoms with van der Waals surface area (Å²) in [6, 6.07) is 0. The number of aliphatic hydroxyl groups excluding tert-OH is 1. The van der Waals surface area contributed by atoms with E-state index in [1.165, 1.54) is 0 Å². The quantitative estimate of drug-likeness (QED) is 0.679. The number of amides is 1. The number of nitrogens with one attached hydrogen (secondary N) is 1. The number of hydrogen-bond donors (Lipinski definition) is 3. The molecule has 1 amide bonds. The lowest BCUT2D eigenvalue weighted by Gasteiger charge is -2.28. The lowest BCUT2D eigenvalue weighted by Crippen LogP contribution is -2.42. The Bertz CT molecular complexity index is 453. The van der Waals surface area contributed by atoms with Crippen LogP contribution < -0.4 is 5.32 Å². The maximum absolute atomic E-state index is 12.4. The Hall–Kier alpha value is -1.36. The average molecular weight is 293 g/mol. The van der Waals surface area contributed by atoms with E-state index in [2.05, 4.69) is 5.32 Å². The maximum Gasteiger partial charge on any atom is 0.307 e. The first-order valence-corrected chi connectivity index (χ1v) is 7.93. The summed E-state index contributed by atoms with van der Waals surface area (Å²) in [7, 11) is 0. The molecule has 2 bridgehead atoms. The molecular formula is C16H23NO4. The van der Waals surface area contributed by atoms with Gasteiger partial charge in [-0.1, -0.05) is 12.2 Å². The fourth-order valence-electron chi connectivity index (χ4n) is 4.23. The third-order valence-corrected chi connectivity index (χ3v) is 5.43. The van der Waals surface area contributed by atoms with E-state index < -0.39 is 17.8 Å². The van der Waals surface area contributed by atoms with Crippen molar-refractivity contribution in [3.05, 3.63) is 12.2 Å². The molecule has 0 aliphatic heterocycles. The molecule has 5 nitrogen and oxygen atoms in total. The summed E-state index contributed by atoms with van der Waals surface area (Å²) in [6.07, 6.45) is 8.03. The minimum Gasteiger partial charge on any atom is -0.481 e. The highest BCUT2D eigenvalue weighted by atomic mass is 16.4. The lowest BCUT2D eigenvalue weighted by molar-refractivity contribution is -0.147. The molecule has 116 valence electrons. The molecule has 4 atom stereocenters. The van der Waals surface area contributed by atoms with Crippen molar-refractivity contribution in [2.24, 2.45) is 29.6 Å². The van der Waals surface area contributed by atoms with Crippen molar-refractivity contribution in [2.45, 2.75) is 38.2 Å². The van der Waals surface area contributed by atoms with Crippen molar-refractivity contribution in [2.75, 3.05) is 6.54 Å². The van der Waals surface area contributed by atoms with Crippen molar-refractivity contribution in [3.63, 3.8) is 0 Å². The number of carbonyl (C=O) groups is 2. The second-order valence-corrected chi connectivity index (χ2v) is 6.76. The van der Waals surface area contributed by atoms with Gasteiger partial charge >= 0.3 is 5.97 Å². The zero-order valence-corrected chi connectivity index (χ0v) is 12.1. The number of fused-ring (bicyclic) bond motifs is 2. The smallest absolute Gasteiger partial charge is 0.307 e. The molecule has 0 aromatic heterocycles. The number of carbonyl (C=O) groups excluding carboxylic acids is 1. The van der Waals surface area contributed by atoms with Gasteiger partial charge < -0.3 is 15.5 Å². The summed E-state index contributed by atoms with van der Waals surface area (Å²) < 4.78 is 0. The van der Waals surface area contributed by atoms with Crippen LogP contribution in [0.1, 0.15) is 32.1 Å². The molecule has 2 fully saturated rings. The van der Waals surface area contributed by atoms with Crippen LogP contribution in [-0.4, -0.2) is 34.7 Å². The SMILES string of the molecule is O=C(O)[C@@H]1C2C=CC(C2)[C@@H]1C(=O)NCC1CCC(O)CC1. The molecule has 0 aromatic carbocycles. The highest BCUT2D eigenvalue weighted by Gasteiger charge is 2.51. The van der Waals surface area contributed by atoms with E-state index in [-0.39, 0.29) is 23.8 Å². The summed E-state index contributed by atoms with van der Waals surface area (Å²) >= 11 is 0. The number of hydrogen-bond acceptors (Lipinski definition) is 3. The van der Waals surface area contributed by atoms with Crippen molar-refractivity contribution in [1.82, 2.24) is 5.32 Å². The molecule has 2 saturated carbocycles. The van der Waals surface area contributed by atoms with Gasteiger partial charge in [0.15, 0.2) is 0 Å². The van der Waals surface area contributed by atoms with Gasteiger partial charge in [-0.25, -0.2) is 0 Å². The van der Waals surface area contributed by atoms with Gasteiger partial charge in [-0.15, -0.1) is 0 Å². The van der Waals surface area contributed by atoms with E-state index in [1.54, 1.807) is 0 Å². The van der Waals surface area contributed by atoms with Crippen LogP contribution in [0.3, 0.4) is 0 Å². The zero-order chi connectivity index (χ0) is 15.0. The van der Waals surface area contributed by atoms with Gasteiger partial charge in [-0.3, -0.25) is 9.59 Å². The van der Waals surface area contributed by atoms with Crippen LogP contribution >= 0.6 is 0 Å². The predicted octanol–water partition coefficient (Wildman–Crippen LogP) is 1.18. The topological polar surface area (TPSA) is 86.6 Å². The van der Waals surface area contributed by atoms with E-state index in [1.807, 2.05) is 12.2 Å². The maximum atomic E-state index is 12.4. The van der Waals surface area contributed by atoms with Crippen LogP contribution in [0, 0.1) is 29.6 Å². The molecule has 0 heterocycles. The minimum atomic E-state index is -0.854. The summed E-state index contributed by atoms with van der Waals surface area (Å²) in [4.78, 5) is 23.8. The van der Waals surface area contributed by atoms with Gasteiger partial charge in [-0.2, -0.15) is 0 Å². The Morgan fingerprint density at radius 3 is 2.29 bits per heavy atom. The number of carboxylic acids is 1. The molecule has 3 rings (SSSR count). The molecule has 0 saturated heterocycles. The second kappa shape index (κ2) is 5.79. The average Bonchev–Trinajstić information content (AvgIpc) is 3.06. The van der Waals surface area contributed by atoms with E-state index in [4.69, 9.17) is 0 Å². The Morgan fingerprint density at radius 1 is 1.05 bits per heavy atom. The van der Waals surface area contributed by atoms with E-state index in [0.717, 1.165) is 32.1 Å². The Balaban J connectivity index is 1.55. The standard InChI is InChI=1S/C16H23NO4/c18-12-5-1-9(2-6-12)8-17-15(19)13-10-3-4-11(7-10)14(13)16(20)21/h3-4,9-14,18H,1-2,5-8H2,(H,17,19)(H,20,21)/t9?,10?,11?,12?,13-,14+/m0/s1. The number of carboxylic acid groups (broad SMARTS) is 1. The van der Waals surface area contributed by atoms with Gasteiger partial charge in [0.25, 0.3) is 0 Å². The van der Waals surface area contributed by atoms with Gasteiger partial charge in [0.1, 0.15) is 0 Å². The minimum absolute atomic E-state index is 0.0214. The van der Waals surface area contributed by atoms with Crippen molar-refractivity contribution in [1.29, 1.82) is 0 Å². The first-order valence-electron chi connectivity index (χ1n) is 7.93. The van der Waals surface area contributed by atoms with Crippen molar-refractivity contribution in [3.8, 4) is 0 Å². The molecule has 0 aromatic rings. The molecule has 21 heavy (non-hydrogen) atoms.